The largest absolute Gasteiger partial charge is 0.0835 e. The highest BCUT2D eigenvalue weighted by Crippen LogP contribution is 2.42. The normalized spacial score (nSPS) is 18.6. The number of benzene rings is 2. The van der Waals surface area contributed by atoms with Gasteiger partial charge in [0.15, 0.2) is 0 Å². The zero-order chi connectivity index (χ0) is 16.6. The second kappa shape index (κ2) is 6.33. The van der Waals surface area contributed by atoms with Crippen LogP contribution in [0, 0.1) is 19.8 Å². The first-order valence-corrected chi connectivity index (χ1v) is 9.92. The van der Waals surface area contributed by atoms with E-state index >= 15 is 0 Å². The van der Waals surface area contributed by atoms with Crippen LogP contribution in [0.5, 0.6) is 0 Å². The molecule has 2 aromatic rings. The van der Waals surface area contributed by atoms with Crippen molar-refractivity contribution in [3.05, 3.63) is 81.6 Å². The van der Waals surface area contributed by atoms with E-state index in [0.717, 1.165) is 0 Å². The number of allylic oxidation sites excluding steroid dienone is 4. The van der Waals surface area contributed by atoms with Crippen molar-refractivity contribution in [2.45, 2.75) is 34.6 Å². The Balaban J connectivity index is 1.97. The molecule has 118 valence electrons. The molecule has 0 bridgehead atoms. The van der Waals surface area contributed by atoms with E-state index in [1.807, 2.05) is 0 Å². The van der Waals surface area contributed by atoms with Crippen molar-refractivity contribution >= 4 is 20.3 Å². The van der Waals surface area contributed by atoms with Crippen molar-refractivity contribution in [3.63, 3.8) is 0 Å². The summed E-state index contributed by atoms with van der Waals surface area (Å²) in [7, 11) is -0.380. The molecule has 0 N–H and O–H groups in total. The monoisotopic (exact) mass is 318 g/mol. The van der Waals surface area contributed by atoms with E-state index in [-0.39, 0.29) is 9.52 Å². The van der Waals surface area contributed by atoms with Crippen LogP contribution in [0.3, 0.4) is 0 Å². The van der Waals surface area contributed by atoms with Gasteiger partial charge < -0.3 is 0 Å². The van der Waals surface area contributed by atoms with Crippen LogP contribution in [0.4, 0.5) is 0 Å². The highest BCUT2D eigenvalue weighted by molar-refractivity contribution is 6.61. The van der Waals surface area contributed by atoms with Gasteiger partial charge in [0.05, 0.1) is 9.52 Å². The summed E-state index contributed by atoms with van der Waals surface area (Å²) in [6.45, 7) is 11.4. The highest BCUT2D eigenvalue weighted by atomic mass is 28.2. The van der Waals surface area contributed by atoms with Gasteiger partial charge in [0.25, 0.3) is 0 Å². The van der Waals surface area contributed by atoms with Crippen LogP contribution in [-0.2, 0) is 0 Å². The van der Waals surface area contributed by atoms with Gasteiger partial charge in [-0.15, -0.1) is 0 Å². The molecule has 23 heavy (non-hydrogen) atoms. The highest BCUT2D eigenvalue weighted by Gasteiger charge is 2.27. The van der Waals surface area contributed by atoms with E-state index in [1.165, 1.54) is 22.3 Å². The summed E-state index contributed by atoms with van der Waals surface area (Å²) in [6.07, 6.45) is 0. The van der Waals surface area contributed by atoms with E-state index in [2.05, 4.69) is 83.1 Å². The Labute approximate surface area is 142 Å². The average molecular weight is 319 g/mol. The van der Waals surface area contributed by atoms with Crippen molar-refractivity contribution in [2.75, 3.05) is 0 Å². The fourth-order valence-corrected chi connectivity index (χ4v) is 5.95. The minimum absolute atomic E-state index is 0.380. The summed E-state index contributed by atoms with van der Waals surface area (Å²) >= 11 is 0. The standard InChI is InChI=1S/C22H26Si/c1-14-11-15(2)13-19(12-14)21-16(3)17(4)22(18(21)5)23-20-9-7-6-8-10-20/h6-13,18H,23H2,1-5H3. The maximum atomic E-state index is 2.40. The predicted molar refractivity (Wildman–Crippen MR) is 105 cm³/mol. The third-order valence-corrected chi connectivity index (χ3v) is 7.58. The molecule has 0 fully saturated rings. The molecule has 2 aromatic carbocycles. The molecule has 1 aliphatic carbocycles. The first-order chi connectivity index (χ1) is 11.0. The summed E-state index contributed by atoms with van der Waals surface area (Å²) in [5, 5.41) is 3.26. The van der Waals surface area contributed by atoms with Crippen LogP contribution >= 0.6 is 0 Å². The van der Waals surface area contributed by atoms with E-state index in [9.17, 15) is 0 Å². The quantitative estimate of drug-likeness (QED) is 0.731. The van der Waals surface area contributed by atoms with E-state index in [4.69, 9.17) is 0 Å². The van der Waals surface area contributed by atoms with Crippen LogP contribution in [-0.4, -0.2) is 9.52 Å². The van der Waals surface area contributed by atoms with Crippen molar-refractivity contribution in [2.24, 2.45) is 5.92 Å². The van der Waals surface area contributed by atoms with E-state index < -0.39 is 0 Å². The van der Waals surface area contributed by atoms with Crippen molar-refractivity contribution < 1.29 is 0 Å². The van der Waals surface area contributed by atoms with Gasteiger partial charge in [-0.25, -0.2) is 0 Å². The van der Waals surface area contributed by atoms with Crippen LogP contribution in [0.15, 0.2) is 64.9 Å². The van der Waals surface area contributed by atoms with E-state index in [1.54, 1.807) is 21.5 Å². The van der Waals surface area contributed by atoms with E-state index in [0.29, 0.717) is 5.92 Å². The average Bonchev–Trinajstić information content (AvgIpc) is 2.71. The molecular formula is C22H26Si. The Morgan fingerprint density at radius 3 is 2.00 bits per heavy atom. The molecule has 1 aliphatic rings. The fourth-order valence-electron chi connectivity index (χ4n) is 3.96. The fraction of sp³-hybridized carbons (Fsp3) is 0.273. The number of hydrogen-bond donors (Lipinski definition) is 0. The molecule has 0 saturated heterocycles. The summed E-state index contributed by atoms with van der Waals surface area (Å²) < 4.78 is 0. The van der Waals surface area contributed by atoms with Crippen LogP contribution < -0.4 is 5.19 Å². The topological polar surface area (TPSA) is 0 Å². The van der Waals surface area contributed by atoms with Gasteiger partial charge in [0, 0.05) is 0 Å². The molecular weight excluding hydrogens is 292 g/mol. The van der Waals surface area contributed by atoms with Gasteiger partial charge >= 0.3 is 0 Å². The molecule has 3 rings (SSSR count). The first-order valence-electron chi connectivity index (χ1n) is 8.50. The molecule has 1 heteroatoms. The summed E-state index contributed by atoms with van der Waals surface area (Å²) in [4.78, 5) is 0. The molecule has 0 aromatic heterocycles. The maximum absolute atomic E-state index is 2.40. The lowest BCUT2D eigenvalue weighted by atomic mass is 9.92. The van der Waals surface area contributed by atoms with Gasteiger partial charge in [-0.3, -0.25) is 0 Å². The SMILES string of the molecule is CC1=C([SiH2]c2ccccc2)C(C)C(c2cc(C)cc(C)c2)=C1C. The lowest BCUT2D eigenvalue weighted by Crippen LogP contribution is -2.19. The molecule has 0 heterocycles. The minimum Gasteiger partial charge on any atom is -0.0724 e. The molecule has 0 saturated carbocycles. The first kappa shape index (κ1) is 16.0. The Bertz CT molecular complexity index is 774. The number of hydrogen-bond acceptors (Lipinski definition) is 0. The Hall–Kier alpha value is -1.86. The Morgan fingerprint density at radius 1 is 0.783 bits per heavy atom. The van der Waals surface area contributed by atoms with Crippen LogP contribution in [0.1, 0.15) is 37.5 Å². The lowest BCUT2D eigenvalue weighted by molar-refractivity contribution is 0.950. The molecule has 0 spiro atoms. The summed E-state index contributed by atoms with van der Waals surface area (Å²) in [5.74, 6) is 0.558. The Kier molecular flexibility index (Phi) is 4.41. The number of aryl methyl sites for hydroxylation is 2. The second-order valence-electron chi connectivity index (χ2n) is 6.95. The van der Waals surface area contributed by atoms with Crippen molar-refractivity contribution in [1.29, 1.82) is 0 Å². The van der Waals surface area contributed by atoms with Gasteiger partial charge in [-0.1, -0.05) is 82.5 Å². The van der Waals surface area contributed by atoms with Gasteiger partial charge in [-0.05, 0) is 50.3 Å². The molecule has 0 amide bonds. The molecule has 1 atom stereocenters. The van der Waals surface area contributed by atoms with Crippen molar-refractivity contribution in [3.8, 4) is 0 Å². The smallest absolute Gasteiger partial charge is 0.0724 e. The van der Waals surface area contributed by atoms with Gasteiger partial charge in [-0.2, -0.15) is 0 Å². The third-order valence-electron chi connectivity index (χ3n) is 5.17. The summed E-state index contributed by atoms with van der Waals surface area (Å²) in [6, 6.07) is 18.0. The third kappa shape index (κ3) is 3.11. The van der Waals surface area contributed by atoms with Gasteiger partial charge in [0.2, 0.25) is 0 Å². The minimum atomic E-state index is -0.380. The predicted octanol–water partition coefficient (Wildman–Crippen LogP) is 4.49. The van der Waals surface area contributed by atoms with Crippen LogP contribution in [0.2, 0.25) is 0 Å². The summed E-state index contributed by atoms with van der Waals surface area (Å²) in [5.41, 5.74) is 8.73. The molecule has 0 radical (unpaired) electrons. The zero-order valence-electron chi connectivity index (χ0n) is 14.9. The van der Waals surface area contributed by atoms with Crippen LogP contribution in [0.25, 0.3) is 5.57 Å². The second-order valence-corrected chi connectivity index (χ2v) is 8.88. The Morgan fingerprint density at radius 2 is 1.39 bits per heavy atom. The lowest BCUT2D eigenvalue weighted by Gasteiger charge is -2.17. The molecule has 0 aliphatic heterocycles. The van der Waals surface area contributed by atoms with Gasteiger partial charge in [0.1, 0.15) is 0 Å². The van der Waals surface area contributed by atoms with Crippen molar-refractivity contribution in [1.82, 2.24) is 0 Å². The molecule has 0 nitrogen and oxygen atoms in total. The maximum Gasteiger partial charge on any atom is 0.0835 e. The molecule has 1 unspecified atom stereocenters. The zero-order valence-corrected chi connectivity index (χ0v) is 16.3. The number of rotatable bonds is 3.